The SMILES string of the molecule is Cn1c(=O)[nH]c2c(N3CCCN(C(=O)OC(C)(C)C)CC3)ccnc21. The summed E-state index contributed by atoms with van der Waals surface area (Å²) in [6.07, 6.45) is 2.27. The lowest BCUT2D eigenvalue weighted by atomic mass is 10.2. The number of H-pyrrole nitrogens is 1. The van der Waals surface area contributed by atoms with Crippen LogP contribution in [-0.2, 0) is 11.8 Å². The van der Waals surface area contributed by atoms with E-state index in [4.69, 9.17) is 4.74 Å². The summed E-state index contributed by atoms with van der Waals surface area (Å²) in [6.45, 7) is 8.32. The Bertz CT molecular complexity index is 833. The van der Waals surface area contributed by atoms with Crippen molar-refractivity contribution in [1.29, 1.82) is 0 Å². The lowest BCUT2D eigenvalue weighted by Crippen LogP contribution is -2.39. The molecule has 0 radical (unpaired) electrons. The van der Waals surface area contributed by atoms with Gasteiger partial charge < -0.3 is 19.5 Å². The van der Waals surface area contributed by atoms with Gasteiger partial charge in [0.1, 0.15) is 11.1 Å². The standard InChI is InChI=1S/C17H25N5O3/c1-17(2,3)25-16(24)22-9-5-8-21(10-11-22)12-6-7-18-14-13(12)19-15(23)20(14)4/h6-7H,5,8-11H2,1-4H3,(H,19,23). The van der Waals surface area contributed by atoms with Gasteiger partial charge in [0.25, 0.3) is 0 Å². The Morgan fingerprint density at radius 3 is 2.72 bits per heavy atom. The third-order valence-electron chi connectivity index (χ3n) is 4.25. The molecule has 25 heavy (non-hydrogen) atoms. The maximum Gasteiger partial charge on any atom is 0.410 e. The van der Waals surface area contributed by atoms with Crippen LogP contribution in [0, 0.1) is 0 Å². The minimum atomic E-state index is -0.496. The van der Waals surface area contributed by atoms with Crippen molar-refractivity contribution >= 4 is 22.9 Å². The number of imidazole rings is 1. The molecule has 0 aliphatic carbocycles. The van der Waals surface area contributed by atoms with Gasteiger partial charge in [0.05, 0.1) is 5.69 Å². The topological polar surface area (TPSA) is 83.5 Å². The van der Waals surface area contributed by atoms with E-state index in [2.05, 4.69) is 14.9 Å². The molecule has 3 rings (SSSR count). The highest BCUT2D eigenvalue weighted by Crippen LogP contribution is 2.24. The number of carbonyl (C=O) groups is 1. The average Bonchev–Trinajstić information content (AvgIpc) is 2.73. The highest BCUT2D eigenvalue weighted by molar-refractivity contribution is 5.86. The zero-order valence-corrected chi connectivity index (χ0v) is 15.2. The van der Waals surface area contributed by atoms with Crippen LogP contribution >= 0.6 is 0 Å². The van der Waals surface area contributed by atoms with Crippen molar-refractivity contribution in [3.63, 3.8) is 0 Å². The van der Waals surface area contributed by atoms with Crippen LogP contribution in [0.2, 0.25) is 0 Å². The number of carbonyl (C=O) groups excluding carboxylic acids is 1. The monoisotopic (exact) mass is 347 g/mol. The number of amides is 1. The van der Waals surface area contributed by atoms with Crippen molar-refractivity contribution in [3.8, 4) is 0 Å². The molecular formula is C17H25N5O3. The summed E-state index contributed by atoms with van der Waals surface area (Å²) in [5, 5.41) is 0. The number of fused-ring (bicyclic) bond motifs is 1. The van der Waals surface area contributed by atoms with E-state index < -0.39 is 5.60 Å². The molecule has 2 aromatic heterocycles. The lowest BCUT2D eigenvalue weighted by molar-refractivity contribution is 0.0263. The van der Waals surface area contributed by atoms with Crippen LogP contribution in [-0.4, -0.2) is 57.3 Å². The zero-order valence-electron chi connectivity index (χ0n) is 15.2. The number of aromatic nitrogens is 3. The molecule has 136 valence electrons. The van der Waals surface area contributed by atoms with Gasteiger partial charge in [0, 0.05) is 39.4 Å². The number of rotatable bonds is 1. The predicted molar refractivity (Wildman–Crippen MR) is 96.0 cm³/mol. The molecule has 0 atom stereocenters. The molecule has 1 fully saturated rings. The molecule has 2 aromatic rings. The summed E-state index contributed by atoms with van der Waals surface area (Å²) in [7, 11) is 1.70. The average molecular weight is 347 g/mol. The van der Waals surface area contributed by atoms with E-state index in [9.17, 15) is 9.59 Å². The van der Waals surface area contributed by atoms with E-state index in [1.807, 2.05) is 26.8 Å². The first-order valence-corrected chi connectivity index (χ1v) is 8.53. The zero-order chi connectivity index (χ0) is 18.2. The second-order valence-electron chi connectivity index (χ2n) is 7.33. The minimum absolute atomic E-state index is 0.180. The molecule has 1 aliphatic heterocycles. The third-order valence-corrected chi connectivity index (χ3v) is 4.25. The second kappa shape index (κ2) is 6.42. The van der Waals surface area contributed by atoms with Gasteiger partial charge in [-0.3, -0.25) is 4.57 Å². The summed E-state index contributed by atoms with van der Waals surface area (Å²) < 4.78 is 6.97. The lowest BCUT2D eigenvalue weighted by Gasteiger charge is -2.27. The molecule has 1 saturated heterocycles. The molecule has 1 amide bonds. The van der Waals surface area contributed by atoms with Crippen LogP contribution in [0.4, 0.5) is 10.5 Å². The molecule has 0 saturated carbocycles. The van der Waals surface area contributed by atoms with Crippen molar-refractivity contribution in [2.24, 2.45) is 7.05 Å². The summed E-state index contributed by atoms with van der Waals surface area (Å²) >= 11 is 0. The number of nitrogens with one attached hydrogen (secondary N) is 1. The Morgan fingerprint density at radius 1 is 1.24 bits per heavy atom. The van der Waals surface area contributed by atoms with E-state index in [1.165, 1.54) is 4.57 Å². The summed E-state index contributed by atoms with van der Waals surface area (Å²) in [5.74, 6) is 0. The number of pyridine rings is 1. The number of ether oxygens (including phenoxy) is 1. The van der Waals surface area contributed by atoms with Crippen LogP contribution in [0.15, 0.2) is 17.1 Å². The fourth-order valence-corrected chi connectivity index (χ4v) is 3.03. The van der Waals surface area contributed by atoms with E-state index >= 15 is 0 Å². The Kier molecular flexibility index (Phi) is 4.45. The van der Waals surface area contributed by atoms with Crippen molar-refractivity contribution < 1.29 is 9.53 Å². The van der Waals surface area contributed by atoms with E-state index in [0.717, 1.165) is 24.2 Å². The van der Waals surface area contributed by atoms with E-state index in [1.54, 1.807) is 18.1 Å². The van der Waals surface area contributed by atoms with Gasteiger partial charge in [-0.05, 0) is 33.3 Å². The van der Waals surface area contributed by atoms with Crippen LogP contribution in [0.3, 0.4) is 0 Å². The molecule has 0 bridgehead atoms. The largest absolute Gasteiger partial charge is 0.444 e. The number of hydrogen-bond donors (Lipinski definition) is 1. The predicted octanol–water partition coefficient (Wildman–Crippen LogP) is 1.71. The fourth-order valence-electron chi connectivity index (χ4n) is 3.03. The van der Waals surface area contributed by atoms with Crippen molar-refractivity contribution in [1.82, 2.24) is 19.4 Å². The molecule has 0 spiro atoms. The van der Waals surface area contributed by atoms with Crippen LogP contribution < -0.4 is 10.6 Å². The minimum Gasteiger partial charge on any atom is -0.444 e. The fraction of sp³-hybridized carbons (Fsp3) is 0.588. The maximum atomic E-state index is 12.3. The molecule has 0 aromatic carbocycles. The summed E-state index contributed by atoms with van der Waals surface area (Å²) in [5.41, 5.74) is 1.63. The van der Waals surface area contributed by atoms with Gasteiger partial charge in [-0.25, -0.2) is 14.6 Å². The highest BCUT2D eigenvalue weighted by Gasteiger charge is 2.25. The van der Waals surface area contributed by atoms with Crippen LogP contribution in [0.1, 0.15) is 27.2 Å². The van der Waals surface area contributed by atoms with Crippen LogP contribution in [0.25, 0.3) is 11.2 Å². The van der Waals surface area contributed by atoms with Gasteiger partial charge in [-0.1, -0.05) is 0 Å². The number of aryl methyl sites for hydroxylation is 1. The molecule has 8 nitrogen and oxygen atoms in total. The normalized spacial score (nSPS) is 16.2. The molecule has 8 heteroatoms. The van der Waals surface area contributed by atoms with Crippen molar-refractivity contribution in [2.75, 3.05) is 31.1 Å². The van der Waals surface area contributed by atoms with Crippen LogP contribution in [0.5, 0.6) is 0 Å². The van der Waals surface area contributed by atoms with Crippen molar-refractivity contribution in [3.05, 3.63) is 22.7 Å². The first-order valence-electron chi connectivity index (χ1n) is 8.53. The number of aromatic amines is 1. The smallest absolute Gasteiger partial charge is 0.410 e. The Hall–Kier alpha value is -2.51. The maximum absolute atomic E-state index is 12.3. The van der Waals surface area contributed by atoms with Gasteiger partial charge in [-0.15, -0.1) is 0 Å². The quantitative estimate of drug-likeness (QED) is 0.849. The molecule has 0 unspecified atom stereocenters. The Labute approximate surface area is 146 Å². The summed E-state index contributed by atoms with van der Waals surface area (Å²) in [6, 6.07) is 1.90. The number of hydrogen-bond acceptors (Lipinski definition) is 5. The third kappa shape index (κ3) is 3.62. The Morgan fingerprint density at radius 2 is 2.00 bits per heavy atom. The van der Waals surface area contributed by atoms with Gasteiger partial charge in [0.15, 0.2) is 5.65 Å². The van der Waals surface area contributed by atoms with Gasteiger partial charge in [-0.2, -0.15) is 0 Å². The highest BCUT2D eigenvalue weighted by atomic mass is 16.6. The first-order chi connectivity index (χ1) is 11.8. The van der Waals surface area contributed by atoms with E-state index in [-0.39, 0.29) is 11.8 Å². The molecule has 1 aliphatic rings. The first kappa shape index (κ1) is 17.3. The van der Waals surface area contributed by atoms with Gasteiger partial charge in [0.2, 0.25) is 0 Å². The second-order valence-corrected chi connectivity index (χ2v) is 7.33. The number of anilines is 1. The molecular weight excluding hydrogens is 322 g/mol. The Balaban J connectivity index is 1.79. The molecule has 1 N–H and O–H groups in total. The van der Waals surface area contributed by atoms with E-state index in [0.29, 0.717) is 25.3 Å². The summed E-state index contributed by atoms with van der Waals surface area (Å²) in [4.78, 5) is 35.3. The van der Waals surface area contributed by atoms with Crippen molar-refractivity contribution in [2.45, 2.75) is 32.8 Å². The number of nitrogens with zero attached hydrogens (tertiary/aromatic N) is 4. The molecule has 3 heterocycles. The van der Waals surface area contributed by atoms with Gasteiger partial charge >= 0.3 is 11.8 Å².